The first kappa shape index (κ1) is 13.1. The first-order chi connectivity index (χ1) is 7.98. The summed E-state index contributed by atoms with van der Waals surface area (Å²) in [4.78, 5) is 2.66. The summed E-state index contributed by atoms with van der Waals surface area (Å²) in [5.41, 5.74) is 0.336. The second-order valence-corrected chi connectivity index (χ2v) is 6.53. The molecule has 2 rings (SSSR count). The van der Waals surface area contributed by atoms with Gasteiger partial charge < -0.3 is 5.32 Å². The van der Waals surface area contributed by atoms with Crippen molar-refractivity contribution >= 4 is 0 Å². The molecule has 3 unspecified atom stereocenters. The van der Waals surface area contributed by atoms with Gasteiger partial charge in [-0.25, -0.2) is 0 Å². The van der Waals surface area contributed by atoms with Crippen molar-refractivity contribution in [3.8, 4) is 0 Å². The van der Waals surface area contributed by atoms with Crippen molar-refractivity contribution in [2.24, 2.45) is 11.8 Å². The predicted molar refractivity (Wildman–Crippen MR) is 74.1 cm³/mol. The molecule has 0 amide bonds. The second kappa shape index (κ2) is 4.74. The van der Waals surface area contributed by atoms with Gasteiger partial charge in [-0.3, -0.25) is 4.90 Å². The molecule has 0 radical (unpaired) electrons. The van der Waals surface area contributed by atoms with Gasteiger partial charge in [-0.05, 0) is 38.5 Å². The average Bonchev–Trinajstić information content (AvgIpc) is 3.11. The largest absolute Gasteiger partial charge is 0.308 e. The van der Waals surface area contributed by atoms with Crippen molar-refractivity contribution in [2.45, 2.75) is 58.2 Å². The summed E-state index contributed by atoms with van der Waals surface area (Å²) >= 11 is 0. The van der Waals surface area contributed by atoms with Crippen LogP contribution in [-0.2, 0) is 0 Å². The van der Waals surface area contributed by atoms with Crippen LogP contribution in [0.15, 0.2) is 12.7 Å². The molecule has 1 saturated carbocycles. The molecule has 2 nitrogen and oxygen atoms in total. The third-order valence-corrected chi connectivity index (χ3v) is 4.76. The predicted octanol–water partition coefficient (Wildman–Crippen LogP) is 2.66. The molecule has 2 aliphatic rings. The minimum atomic E-state index is 0.336. The van der Waals surface area contributed by atoms with Crippen molar-refractivity contribution < 1.29 is 0 Å². The third-order valence-electron chi connectivity index (χ3n) is 4.76. The van der Waals surface area contributed by atoms with E-state index in [0.29, 0.717) is 23.5 Å². The fourth-order valence-electron chi connectivity index (χ4n) is 3.20. The molecule has 2 heteroatoms. The number of hydrogen-bond acceptors (Lipinski definition) is 2. The maximum atomic E-state index is 3.98. The Morgan fingerprint density at radius 1 is 1.35 bits per heavy atom. The Kier molecular flexibility index (Phi) is 3.65. The summed E-state index contributed by atoms with van der Waals surface area (Å²) < 4.78 is 0. The molecule has 17 heavy (non-hydrogen) atoms. The monoisotopic (exact) mass is 236 g/mol. The summed E-state index contributed by atoms with van der Waals surface area (Å²) in [6, 6.07) is 1.14. The van der Waals surface area contributed by atoms with Gasteiger partial charge >= 0.3 is 0 Å². The van der Waals surface area contributed by atoms with Gasteiger partial charge in [0.25, 0.3) is 0 Å². The van der Waals surface area contributed by atoms with E-state index in [1.165, 1.54) is 19.4 Å². The van der Waals surface area contributed by atoms with Gasteiger partial charge in [0.2, 0.25) is 0 Å². The smallest absolute Gasteiger partial charge is 0.0309 e. The normalized spacial score (nSPS) is 37.1. The van der Waals surface area contributed by atoms with Crippen molar-refractivity contribution in [2.75, 3.05) is 13.1 Å². The van der Waals surface area contributed by atoms with Gasteiger partial charge in [0.1, 0.15) is 0 Å². The van der Waals surface area contributed by atoms with E-state index in [-0.39, 0.29) is 0 Å². The summed E-state index contributed by atoms with van der Waals surface area (Å²) in [6.07, 6.45) is 4.91. The summed E-state index contributed by atoms with van der Waals surface area (Å²) in [5, 5.41) is 3.82. The molecule has 0 aromatic heterocycles. The lowest BCUT2D eigenvalue weighted by Gasteiger charge is -2.50. The highest BCUT2D eigenvalue weighted by atomic mass is 15.3. The van der Waals surface area contributed by atoms with Gasteiger partial charge in [0.05, 0.1) is 0 Å². The van der Waals surface area contributed by atoms with Crippen LogP contribution in [0.4, 0.5) is 0 Å². The fraction of sp³-hybridized carbons (Fsp3) is 0.867. The molecule has 0 aromatic carbocycles. The Bertz CT molecular complexity index is 283. The van der Waals surface area contributed by atoms with Gasteiger partial charge in [0.15, 0.2) is 0 Å². The molecular formula is C15H28N2. The lowest BCUT2D eigenvalue weighted by atomic mass is 9.87. The molecule has 2 fully saturated rings. The molecular weight excluding hydrogens is 208 g/mol. The molecule has 1 saturated heterocycles. The van der Waals surface area contributed by atoms with Crippen molar-refractivity contribution in [1.82, 2.24) is 10.2 Å². The number of piperazine rings is 1. The molecule has 1 aliphatic carbocycles. The van der Waals surface area contributed by atoms with E-state index in [2.05, 4.69) is 50.6 Å². The van der Waals surface area contributed by atoms with Crippen molar-refractivity contribution in [3.05, 3.63) is 12.7 Å². The van der Waals surface area contributed by atoms with Crippen LogP contribution < -0.4 is 5.32 Å². The molecule has 0 aromatic rings. The lowest BCUT2D eigenvalue weighted by Crippen LogP contribution is -2.66. The minimum Gasteiger partial charge on any atom is -0.308 e. The van der Waals surface area contributed by atoms with E-state index in [1.54, 1.807) is 0 Å². The number of rotatable bonds is 4. The first-order valence-corrected chi connectivity index (χ1v) is 7.11. The van der Waals surface area contributed by atoms with Crippen LogP contribution in [0.5, 0.6) is 0 Å². The Morgan fingerprint density at radius 3 is 2.47 bits per heavy atom. The Morgan fingerprint density at radius 2 is 2.00 bits per heavy atom. The summed E-state index contributed by atoms with van der Waals surface area (Å²) in [7, 11) is 0. The Balaban J connectivity index is 2.11. The van der Waals surface area contributed by atoms with Gasteiger partial charge in [-0.15, -0.1) is 6.58 Å². The lowest BCUT2D eigenvalue weighted by molar-refractivity contribution is 0.0371. The van der Waals surface area contributed by atoms with Gasteiger partial charge in [-0.1, -0.05) is 19.9 Å². The number of hydrogen-bond donors (Lipinski definition) is 1. The number of nitrogens with zero attached hydrogens (tertiary/aromatic N) is 1. The zero-order chi connectivity index (χ0) is 12.6. The minimum absolute atomic E-state index is 0.336. The second-order valence-electron chi connectivity index (χ2n) is 6.53. The number of nitrogens with one attached hydrogen (secondary N) is 1. The highest BCUT2D eigenvalue weighted by molar-refractivity contribution is 5.06. The molecule has 0 bridgehead atoms. The topological polar surface area (TPSA) is 15.3 Å². The van der Waals surface area contributed by atoms with E-state index in [4.69, 9.17) is 0 Å². The van der Waals surface area contributed by atoms with Gasteiger partial charge in [0, 0.05) is 30.7 Å². The Labute approximate surface area is 106 Å². The van der Waals surface area contributed by atoms with Crippen LogP contribution in [0.25, 0.3) is 0 Å². The van der Waals surface area contributed by atoms with Crippen LogP contribution in [0, 0.1) is 11.8 Å². The molecule has 1 heterocycles. The standard InChI is InChI=1S/C15H28N2/c1-6-12(4)17-10-15(5,13-7-8-13)16-9-14(17)11(2)3/h6,11-14,16H,1,7-10H2,2-5H3. The molecule has 1 N–H and O–H groups in total. The van der Waals surface area contributed by atoms with Crippen molar-refractivity contribution in [3.63, 3.8) is 0 Å². The van der Waals surface area contributed by atoms with Crippen LogP contribution in [0.2, 0.25) is 0 Å². The molecule has 0 spiro atoms. The Hall–Kier alpha value is -0.340. The SMILES string of the molecule is C=CC(C)N1CC(C)(C2CC2)NCC1C(C)C. The van der Waals surface area contributed by atoms with Crippen LogP contribution in [0.3, 0.4) is 0 Å². The first-order valence-electron chi connectivity index (χ1n) is 7.11. The zero-order valence-corrected chi connectivity index (χ0v) is 11.9. The van der Waals surface area contributed by atoms with Crippen LogP contribution in [-0.4, -0.2) is 35.6 Å². The average molecular weight is 236 g/mol. The van der Waals surface area contributed by atoms with Gasteiger partial charge in [-0.2, -0.15) is 0 Å². The molecule has 3 atom stereocenters. The maximum absolute atomic E-state index is 3.98. The van der Waals surface area contributed by atoms with Crippen LogP contribution >= 0.6 is 0 Å². The van der Waals surface area contributed by atoms with E-state index in [1.807, 2.05) is 0 Å². The maximum Gasteiger partial charge on any atom is 0.0309 e. The molecule has 98 valence electrons. The fourth-order valence-corrected chi connectivity index (χ4v) is 3.20. The van der Waals surface area contributed by atoms with Crippen LogP contribution in [0.1, 0.15) is 40.5 Å². The van der Waals surface area contributed by atoms with E-state index in [9.17, 15) is 0 Å². The summed E-state index contributed by atoms with van der Waals surface area (Å²) in [5.74, 6) is 1.60. The highest BCUT2D eigenvalue weighted by Crippen LogP contribution is 2.42. The molecule has 1 aliphatic heterocycles. The van der Waals surface area contributed by atoms with E-state index < -0.39 is 0 Å². The third kappa shape index (κ3) is 2.58. The zero-order valence-electron chi connectivity index (χ0n) is 11.9. The summed E-state index contributed by atoms with van der Waals surface area (Å²) in [6.45, 7) is 15.6. The quantitative estimate of drug-likeness (QED) is 0.755. The highest BCUT2D eigenvalue weighted by Gasteiger charge is 2.46. The van der Waals surface area contributed by atoms with Crippen molar-refractivity contribution in [1.29, 1.82) is 0 Å². The van der Waals surface area contributed by atoms with E-state index in [0.717, 1.165) is 12.5 Å². The van der Waals surface area contributed by atoms with E-state index >= 15 is 0 Å².